The Labute approximate surface area is 116 Å². The predicted molar refractivity (Wildman–Crippen MR) is 70.4 cm³/mol. The summed E-state index contributed by atoms with van der Waals surface area (Å²) < 4.78 is 1.40. The molecule has 0 aromatic carbocycles. The summed E-state index contributed by atoms with van der Waals surface area (Å²) in [7, 11) is 1.78. The Hall–Kier alpha value is -2.12. The molecule has 8 heteroatoms. The lowest BCUT2D eigenvalue weighted by atomic mass is 9.85. The van der Waals surface area contributed by atoms with Gasteiger partial charge in [0.05, 0.1) is 12.7 Å². The lowest BCUT2D eigenvalue weighted by molar-refractivity contribution is 0.0690. The highest BCUT2D eigenvalue weighted by Gasteiger charge is 2.21. The van der Waals surface area contributed by atoms with Crippen molar-refractivity contribution in [3.63, 3.8) is 0 Å². The lowest BCUT2D eigenvalue weighted by Crippen LogP contribution is -2.42. The van der Waals surface area contributed by atoms with Crippen molar-refractivity contribution >= 4 is 12.0 Å². The van der Waals surface area contributed by atoms with E-state index < -0.39 is 5.97 Å². The third-order valence-corrected chi connectivity index (χ3v) is 3.48. The van der Waals surface area contributed by atoms with E-state index >= 15 is 0 Å². The first-order valence-electron chi connectivity index (χ1n) is 6.68. The largest absolute Gasteiger partial charge is 0.476 e. The predicted octanol–water partition coefficient (Wildman–Crippen LogP) is 0.418. The molecule has 2 N–H and O–H groups in total. The number of urea groups is 1. The summed E-state index contributed by atoms with van der Waals surface area (Å²) in [4.78, 5) is 24.1. The smallest absolute Gasteiger partial charge is 0.358 e. The first-order valence-corrected chi connectivity index (χ1v) is 6.68. The van der Waals surface area contributed by atoms with Gasteiger partial charge in [0.25, 0.3) is 0 Å². The van der Waals surface area contributed by atoms with Crippen molar-refractivity contribution < 1.29 is 14.7 Å². The maximum absolute atomic E-state index is 11.8. The molecule has 1 aromatic rings. The standard InChI is InChI=1S/C12H19N5O3/c1-16(7-9-3-2-4-9)12(20)13-5-6-17-8-10(11(18)19)14-15-17/h8-9H,2-7H2,1H3,(H,13,20)(H,18,19). The van der Waals surface area contributed by atoms with E-state index in [0.29, 0.717) is 19.0 Å². The number of amides is 2. The lowest BCUT2D eigenvalue weighted by Gasteiger charge is -2.30. The number of carbonyl (C=O) groups excluding carboxylic acids is 1. The maximum Gasteiger partial charge on any atom is 0.358 e. The summed E-state index contributed by atoms with van der Waals surface area (Å²) in [5.74, 6) is -0.472. The van der Waals surface area contributed by atoms with Gasteiger partial charge in [-0.15, -0.1) is 5.10 Å². The zero-order valence-electron chi connectivity index (χ0n) is 11.4. The number of nitrogens with one attached hydrogen (secondary N) is 1. The van der Waals surface area contributed by atoms with E-state index in [1.165, 1.54) is 30.1 Å². The third-order valence-electron chi connectivity index (χ3n) is 3.48. The molecule has 20 heavy (non-hydrogen) atoms. The van der Waals surface area contributed by atoms with Crippen LogP contribution in [0.25, 0.3) is 0 Å². The summed E-state index contributed by atoms with van der Waals surface area (Å²) in [6.45, 7) is 1.57. The van der Waals surface area contributed by atoms with E-state index in [1.54, 1.807) is 11.9 Å². The normalized spacial score (nSPS) is 14.7. The molecule has 0 unspecified atom stereocenters. The molecule has 1 saturated carbocycles. The number of hydrogen-bond acceptors (Lipinski definition) is 4. The van der Waals surface area contributed by atoms with Crippen molar-refractivity contribution in [3.8, 4) is 0 Å². The van der Waals surface area contributed by atoms with E-state index in [9.17, 15) is 9.59 Å². The fraction of sp³-hybridized carbons (Fsp3) is 0.667. The van der Waals surface area contributed by atoms with Gasteiger partial charge in [0.15, 0.2) is 5.69 Å². The molecule has 2 rings (SSSR count). The summed E-state index contributed by atoms with van der Waals surface area (Å²) >= 11 is 0. The molecular formula is C12H19N5O3. The summed E-state index contributed by atoms with van der Waals surface area (Å²) in [5, 5.41) is 18.6. The van der Waals surface area contributed by atoms with Gasteiger partial charge in [-0.05, 0) is 18.8 Å². The van der Waals surface area contributed by atoms with Crippen LogP contribution in [-0.4, -0.2) is 57.1 Å². The second-order valence-electron chi connectivity index (χ2n) is 5.08. The van der Waals surface area contributed by atoms with Gasteiger partial charge in [-0.25, -0.2) is 14.3 Å². The van der Waals surface area contributed by atoms with Gasteiger partial charge in [-0.1, -0.05) is 11.6 Å². The quantitative estimate of drug-likeness (QED) is 0.787. The van der Waals surface area contributed by atoms with Crippen LogP contribution in [0.3, 0.4) is 0 Å². The molecule has 1 fully saturated rings. The second kappa shape index (κ2) is 6.36. The minimum absolute atomic E-state index is 0.0987. The molecule has 110 valence electrons. The van der Waals surface area contributed by atoms with Crippen LogP contribution in [-0.2, 0) is 6.54 Å². The van der Waals surface area contributed by atoms with Gasteiger partial charge in [0, 0.05) is 20.1 Å². The van der Waals surface area contributed by atoms with Gasteiger partial charge < -0.3 is 15.3 Å². The number of nitrogens with zero attached hydrogens (tertiary/aromatic N) is 4. The number of rotatable bonds is 6. The van der Waals surface area contributed by atoms with Crippen LogP contribution in [0.4, 0.5) is 4.79 Å². The molecule has 1 aliphatic rings. The van der Waals surface area contributed by atoms with E-state index in [1.807, 2.05) is 0 Å². The fourth-order valence-electron chi connectivity index (χ4n) is 2.06. The Morgan fingerprint density at radius 2 is 2.30 bits per heavy atom. The molecule has 1 heterocycles. The Morgan fingerprint density at radius 1 is 1.55 bits per heavy atom. The van der Waals surface area contributed by atoms with Crippen molar-refractivity contribution in [2.45, 2.75) is 25.8 Å². The molecule has 0 atom stereocenters. The summed E-state index contributed by atoms with van der Waals surface area (Å²) in [5.41, 5.74) is -0.0987. The molecule has 0 spiro atoms. The van der Waals surface area contributed by atoms with E-state index in [2.05, 4.69) is 15.6 Å². The molecule has 1 aliphatic carbocycles. The van der Waals surface area contributed by atoms with Gasteiger partial charge in [-0.2, -0.15) is 0 Å². The van der Waals surface area contributed by atoms with Gasteiger partial charge in [0.1, 0.15) is 0 Å². The van der Waals surface area contributed by atoms with Crippen molar-refractivity contribution in [2.24, 2.45) is 5.92 Å². The fourth-order valence-corrected chi connectivity index (χ4v) is 2.06. The highest BCUT2D eigenvalue weighted by atomic mass is 16.4. The number of hydrogen-bond donors (Lipinski definition) is 2. The summed E-state index contributed by atoms with van der Waals surface area (Å²) in [6, 6.07) is -0.115. The van der Waals surface area contributed by atoms with Crippen LogP contribution in [0.5, 0.6) is 0 Å². The highest BCUT2D eigenvalue weighted by molar-refractivity contribution is 5.84. The maximum atomic E-state index is 11.8. The number of carboxylic acid groups (broad SMARTS) is 1. The van der Waals surface area contributed by atoms with Crippen LogP contribution in [0.15, 0.2) is 6.20 Å². The number of aromatic nitrogens is 3. The van der Waals surface area contributed by atoms with Crippen LogP contribution >= 0.6 is 0 Å². The van der Waals surface area contributed by atoms with Crippen LogP contribution in [0, 0.1) is 5.92 Å². The van der Waals surface area contributed by atoms with Gasteiger partial charge >= 0.3 is 12.0 Å². The molecule has 1 aromatic heterocycles. The minimum atomic E-state index is -1.11. The Kier molecular flexibility index (Phi) is 4.54. The molecule has 0 saturated heterocycles. The third kappa shape index (κ3) is 3.69. The molecule has 0 radical (unpaired) electrons. The SMILES string of the molecule is CN(CC1CCC1)C(=O)NCCn1cc(C(=O)O)nn1. The zero-order chi connectivity index (χ0) is 14.5. The van der Waals surface area contributed by atoms with Gasteiger partial charge in [-0.3, -0.25) is 0 Å². The average molecular weight is 281 g/mol. The Morgan fingerprint density at radius 3 is 2.85 bits per heavy atom. The first kappa shape index (κ1) is 14.3. The van der Waals surface area contributed by atoms with Crippen molar-refractivity contribution in [1.29, 1.82) is 0 Å². The van der Waals surface area contributed by atoms with E-state index in [0.717, 1.165) is 6.54 Å². The van der Waals surface area contributed by atoms with Crippen molar-refractivity contribution in [1.82, 2.24) is 25.2 Å². The Balaban J connectivity index is 1.68. The van der Waals surface area contributed by atoms with Crippen LogP contribution in [0.1, 0.15) is 29.8 Å². The van der Waals surface area contributed by atoms with Crippen molar-refractivity contribution in [2.75, 3.05) is 20.1 Å². The number of carboxylic acids is 1. The molecular weight excluding hydrogens is 262 g/mol. The molecule has 8 nitrogen and oxygen atoms in total. The van der Waals surface area contributed by atoms with Gasteiger partial charge in [0.2, 0.25) is 0 Å². The number of carbonyl (C=O) groups is 2. The highest BCUT2D eigenvalue weighted by Crippen LogP contribution is 2.26. The zero-order valence-corrected chi connectivity index (χ0v) is 11.4. The Bertz CT molecular complexity index is 483. The first-order chi connectivity index (χ1) is 9.56. The van der Waals surface area contributed by atoms with E-state index in [4.69, 9.17) is 5.11 Å². The minimum Gasteiger partial charge on any atom is -0.476 e. The average Bonchev–Trinajstić information content (AvgIpc) is 2.82. The molecule has 2 amide bonds. The summed E-state index contributed by atoms with van der Waals surface area (Å²) in [6.07, 6.45) is 5.01. The number of aromatic carboxylic acids is 1. The molecule has 0 aliphatic heterocycles. The molecule has 0 bridgehead atoms. The topological polar surface area (TPSA) is 100 Å². The van der Waals surface area contributed by atoms with Crippen LogP contribution in [0.2, 0.25) is 0 Å². The second-order valence-corrected chi connectivity index (χ2v) is 5.08. The van der Waals surface area contributed by atoms with Crippen LogP contribution < -0.4 is 5.32 Å². The monoisotopic (exact) mass is 281 g/mol. The van der Waals surface area contributed by atoms with E-state index in [-0.39, 0.29) is 11.7 Å². The van der Waals surface area contributed by atoms with Crippen molar-refractivity contribution in [3.05, 3.63) is 11.9 Å².